The number of nitrogens with zero attached hydrogens (tertiary/aromatic N) is 3. The molecule has 112 valence electrons. The fraction of sp³-hybridized carbons (Fsp3) is 0.500. The fourth-order valence-electron chi connectivity index (χ4n) is 2.60. The Hall–Kier alpha value is -1.73. The number of carboxylic acids is 1. The molecule has 7 heteroatoms. The number of aryl methyl sites for hydroxylation is 1. The zero-order valence-corrected chi connectivity index (χ0v) is 12.7. The third-order valence-corrected chi connectivity index (χ3v) is 4.74. The summed E-state index contributed by atoms with van der Waals surface area (Å²) in [5.41, 5.74) is 0. The largest absolute Gasteiger partial charge is 0.481 e. The highest BCUT2D eigenvalue weighted by atomic mass is 32.1. The van der Waals surface area contributed by atoms with Gasteiger partial charge in [-0.15, -0.1) is 21.5 Å². The molecule has 0 saturated heterocycles. The van der Waals surface area contributed by atoms with Crippen LogP contribution in [-0.4, -0.2) is 25.8 Å². The average molecular weight is 306 g/mol. The van der Waals surface area contributed by atoms with E-state index in [0.29, 0.717) is 6.54 Å². The molecule has 0 aliphatic carbocycles. The molecule has 0 aromatic carbocycles. The van der Waals surface area contributed by atoms with E-state index >= 15 is 0 Å². The maximum Gasteiger partial charge on any atom is 0.308 e. The first kappa shape index (κ1) is 14.2. The highest BCUT2D eigenvalue weighted by Crippen LogP contribution is 2.21. The molecule has 1 unspecified atom stereocenters. The topological polar surface area (TPSA) is 80.0 Å². The van der Waals surface area contributed by atoms with E-state index in [1.165, 1.54) is 11.3 Å². The van der Waals surface area contributed by atoms with Gasteiger partial charge in [-0.25, -0.2) is 0 Å². The molecule has 1 aliphatic rings. The average Bonchev–Trinajstić information content (AvgIpc) is 3.10. The lowest BCUT2D eigenvalue weighted by Crippen LogP contribution is -2.21. The molecule has 3 heterocycles. The smallest absolute Gasteiger partial charge is 0.308 e. The van der Waals surface area contributed by atoms with E-state index in [-0.39, 0.29) is 12.5 Å². The third kappa shape index (κ3) is 3.14. The van der Waals surface area contributed by atoms with Crippen molar-refractivity contribution in [3.05, 3.63) is 33.5 Å². The van der Waals surface area contributed by atoms with Crippen LogP contribution in [0.25, 0.3) is 0 Å². The van der Waals surface area contributed by atoms with Gasteiger partial charge in [0.1, 0.15) is 11.6 Å². The first-order valence-electron chi connectivity index (χ1n) is 7.08. The number of hydrogen-bond donors (Lipinski definition) is 2. The van der Waals surface area contributed by atoms with Crippen LogP contribution in [0, 0.1) is 0 Å². The third-order valence-electron chi connectivity index (χ3n) is 3.65. The number of hydrogen-bond acceptors (Lipinski definition) is 5. The van der Waals surface area contributed by atoms with Gasteiger partial charge >= 0.3 is 5.97 Å². The predicted molar refractivity (Wildman–Crippen MR) is 79.3 cm³/mol. The van der Waals surface area contributed by atoms with Crippen molar-refractivity contribution >= 4 is 17.3 Å². The van der Waals surface area contributed by atoms with Gasteiger partial charge in [0.15, 0.2) is 0 Å². The maximum absolute atomic E-state index is 10.7. The summed E-state index contributed by atoms with van der Waals surface area (Å²) in [6.45, 7) is 3.81. The van der Waals surface area contributed by atoms with Crippen molar-refractivity contribution < 1.29 is 9.90 Å². The van der Waals surface area contributed by atoms with Crippen LogP contribution >= 0.6 is 11.3 Å². The molecule has 0 fully saturated rings. The monoisotopic (exact) mass is 306 g/mol. The molecule has 2 N–H and O–H groups in total. The molecule has 6 nitrogen and oxygen atoms in total. The molecule has 3 rings (SSSR count). The van der Waals surface area contributed by atoms with Crippen molar-refractivity contribution in [2.24, 2.45) is 0 Å². The molecule has 21 heavy (non-hydrogen) atoms. The van der Waals surface area contributed by atoms with Crippen LogP contribution in [0.3, 0.4) is 0 Å². The van der Waals surface area contributed by atoms with Gasteiger partial charge in [0.25, 0.3) is 0 Å². The van der Waals surface area contributed by atoms with Gasteiger partial charge in [-0.3, -0.25) is 4.79 Å². The Balaban J connectivity index is 1.59. The predicted octanol–water partition coefficient (Wildman–Crippen LogP) is 1.76. The molecule has 0 bridgehead atoms. The number of aliphatic carboxylic acids is 1. The van der Waals surface area contributed by atoms with Crippen molar-refractivity contribution in [3.8, 4) is 0 Å². The van der Waals surface area contributed by atoms with Crippen LogP contribution in [0.1, 0.15) is 40.8 Å². The second-order valence-electron chi connectivity index (χ2n) is 5.27. The van der Waals surface area contributed by atoms with Gasteiger partial charge in [0.05, 0.1) is 12.5 Å². The van der Waals surface area contributed by atoms with Gasteiger partial charge in [-0.2, -0.15) is 0 Å². The summed E-state index contributed by atoms with van der Waals surface area (Å²) in [6.07, 6.45) is 2.26. The summed E-state index contributed by atoms with van der Waals surface area (Å²) in [7, 11) is 0. The van der Waals surface area contributed by atoms with E-state index in [2.05, 4.69) is 27.0 Å². The quantitative estimate of drug-likeness (QED) is 0.850. The van der Waals surface area contributed by atoms with Crippen molar-refractivity contribution in [2.45, 2.75) is 45.3 Å². The molecule has 1 aliphatic heterocycles. The zero-order valence-electron chi connectivity index (χ0n) is 11.9. The van der Waals surface area contributed by atoms with E-state index in [1.807, 2.05) is 12.1 Å². The molecule has 0 spiro atoms. The lowest BCUT2D eigenvalue weighted by molar-refractivity contribution is -0.136. The molecular weight excluding hydrogens is 288 g/mol. The first-order valence-corrected chi connectivity index (χ1v) is 7.90. The molecule has 0 amide bonds. The van der Waals surface area contributed by atoms with Crippen molar-refractivity contribution in [2.75, 3.05) is 0 Å². The Labute approximate surface area is 126 Å². The van der Waals surface area contributed by atoms with Crippen LogP contribution in [0.2, 0.25) is 0 Å². The van der Waals surface area contributed by atoms with Crippen LogP contribution in [0.4, 0.5) is 0 Å². The van der Waals surface area contributed by atoms with Gasteiger partial charge < -0.3 is 15.0 Å². The van der Waals surface area contributed by atoms with Gasteiger partial charge in [-0.1, -0.05) is 0 Å². The van der Waals surface area contributed by atoms with Gasteiger partial charge in [0, 0.05) is 29.3 Å². The number of rotatable bonds is 6. The summed E-state index contributed by atoms with van der Waals surface area (Å²) in [5, 5.41) is 20.7. The number of carboxylic acid groups (broad SMARTS) is 1. The molecule has 0 saturated carbocycles. The minimum absolute atomic E-state index is 0.0951. The highest BCUT2D eigenvalue weighted by molar-refractivity contribution is 7.12. The standard InChI is InChI=1S/C14H18N4O2S/c1-9(14-17-16-12-3-2-6-18(12)14)15-8-11-5-4-10(21-11)7-13(19)20/h4-5,9,15H,2-3,6-8H2,1H3,(H,19,20). The molecular formula is C14H18N4O2S. The van der Waals surface area contributed by atoms with Gasteiger partial charge in [-0.05, 0) is 25.5 Å². The Morgan fingerprint density at radius 3 is 3.10 bits per heavy atom. The van der Waals surface area contributed by atoms with Gasteiger partial charge in [0.2, 0.25) is 0 Å². The van der Waals surface area contributed by atoms with Crippen LogP contribution in [-0.2, 0) is 30.7 Å². The summed E-state index contributed by atoms with van der Waals surface area (Å²) in [6, 6.07) is 4.00. The Morgan fingerprint density at radius 1 is 1.48 bits per heavy atom. The fourth-order valence-corrected chi connectivity index (χ4v) is 3.56. The Bertz CT molecular complexity index is 649. The van der Waals surface area contributed by atoms with Crippen molar-refractivity contribution in [3.63, 3.8) is 0 Å². The van der Waals surface area contributed by atoms with Crippen molar-refractivity contribution in [1.82, 2.24) is 20.1 Å². The number of nitrogens with one attached hydrogen (secondary N) is 1. The SMILES string of the molecule is CC(NCc1ccc(CC(=O)O)s1)c1nnc2n1CCC2. The lowest BCUT2D eigenvalue weighted by Gasteiger charge is -2.13. The van der Waals surface area contributed by atoms with Crippen LogP contribution < -0.4 is 5.32 Å². The number of fused-ring (bicyclic) bond motifs is 1. The molecule has 2 aromatic heterocycles. The minimum Gasteiger partial charge on any atom is -0.481 e. The number of carbonyl (C=O) groups is 1. The second-order valence-corrected chi connectivity index (χ2v) is 6.52. The highest BCUT2D eigenvalue weighted by Gasteiger charge is 2.21. The summed E-state index contributed by atoms with van der Waals surface area (Å²) in [4.78, 5) is 12.7. The molecule has 1 atom stereocenters. The normalized spacial score (nSPS) is 15.1. The summed E-state index contributed by atoms with van der Waals surface area (Å²) >= 11 is 1.54. The molecule has 0 radical (unpaired) electrons. The number of thiophene rings is 1. The number of aromatic nitrogens is 3. The Morgan fingerprint density at radius 2 is 2.29 bits per heavy atom. The second kappa shape index (κ2) is 5.95. The van der Waals surface area contributed by atoms with E-state index in [1.54, 1.807) is 0 Å². The van der Waals surface area contributed by atoms with E-state index < -0.39 is 5.97 Å². The zero-order chi connectivity index (χ0) is 14.8. The first-order chi connectivity index (χ1) is 10.1. The van der Waals surface area contributed by atoms with E-state index in [4.69, 9.17) is 5.11 Å². The Kier molecular flexibility index (Phi) is 4.03. The van der Waals surface area contributed by atoms with E-state index in [0.717, 1.165) is 40.8 Å². The minimum atomic E-state index is -0.788. The maximum atomic E-state index is 10.7. The van der Waals surface area contributed by atoms with E-state index in [9.17, 15) is 4.79 Å². The van der Waals surface area contributed by atoms with Crippen LogP contribution in [0.5, 0.6) is 0 Å². The summed E-state index contributed by atoms with van der Waals surface area (Å²) < 4.78 is 2.20. The summed E-state index contributed by atoms with van der Waals surface area (Å²) in [5.74, 6) is 1.28. The van der Waals surface area contributed by atoms with Crippen molar-refractivity contribution in [1.29, 1.82) is 0 Å². The molecule has 2 aromatic rings. The van der Waals surface area contributed by atoms with Crippen LogP contribution in [0.15, 0.2) is 12.1 Å². The lowest BCUT2D eigenvalue weighted by atomic mass is 10.3.